The SMILES string of the molecule is C/C(C#N)=C1/CC(=O)c2c(F)cccc21. The normalized spacial score (nSPS) is 17.3. The van der Waals surface area contributed by atoms with Gasteiger partial charge in [0.1, 0.15) is 5.82 Å². The molecule has 3 heteroatoms. The lowest BCUT2D eigenvalue weighted by atomic mass is 10.0. The molecule has 0 aliphatic heterocycles. The fourth-order valence-electron chi connectivity index (χ4n) is 1.81. The van der Waals surface area contributed by atoms with Crippen LogP contribution in [0, 0.1) is 17.1 Å². The molecule has 0 heterocycles. The molecule has 1 aromatic rings. The van der Waals surface area contributed by atoms with Crippen LogP contribution >= 0.6 is 0 Å². The molecule has 15 heavy (non-hydrogen) atoms. The number of benzene rings is 1. The van der Waals surface area contributed by atoms with Gasteiger partial charge in [-0.3, -0.25) is 4.79 Å². The molecule has 0 bridgehead atoms. The van der Waals surface area contributed by atoms with Gasteiger partial charge in [0.25, 0.3) is 0 Å². The van der Waals surface area contributed by atoms with Crippen LogP contribution in [0.4, 0.5) is 4.39 Å². The van der Waals surface area contributed by atoms with Crippen LogP contribution in [0.15, 0.2) is 23.8 Å². The van der Waals surface area contributed by atoms with Gasteiger partial charge < -0.3 is 0 Å². The number of nitriles is 1. The summed E-state index contributed by atoms with van der Waals surface area (Å²) in [7, 11) is 0. The molecule has 1 aromatic carbocycles. The first-order chi connectivity index (χ1) is 7.15. The molecule has 0 radical (unpaired) electrons. The molecule has 2 nitrogen and oxygen atoms in total. The summed E-state index contributed by atoms with van der Waals surface area (Å²) in [6.45, 7) is 1.64. The summed E-state index contributed by atoms with van der Waals surface area (Å²) in [5.74, 6) is -0.745. The van der Waals surface area contributed by atoms with Gasteiger partial charge in [-0.05, 0) is 24.1 Å². The summed E-state index contributed by atoms with van der Waals surface area (Å²) < 4.78 is 13.4. The first-order valence-electron chi connectivity index (χ1n) is 4.57. The number of carbonyl (C=O) groups excluding carboxylic acids is 1. The third kappa shape index (κ3) is 1.35. The van der Waals surface area contributed by atoms with Crippen molar-refractivity contribution in [2.45, 2.75) is 13.3 Å². The predicted molar refractivity (Wildman–Crippen MR) is 53.6 cm³/mol. The first-order valence-corrected chi connectivity index (χ1v) is 4.57. The summed E-state index contributed by atoms with van der Waals surface area (Å²) in [5.41, 5.74) is 1.82. The van der Waals surface area contributed by atoms with E-state index < -0.39 is 5.82 Å². The lowest BCUT2D eigenvalue weighted by Crippen LogP contribution is -1.95. The van der Waals surface area contributed by atoms with Gasteiger partial charge in [-0.2, -0.15) is 5.26 Å². The van der Waals surface area contributed by atoms with E-state index >= 15 is 0 Å². The molecule has 1 aliphatic carbocycles. The van der Waals surface area contributed by atoms with Crippen molar-refractivity contribution in [3.05, 3.63) is 40.7 Å². The summed E-state index contributed by atoms with van der Waals surface area (Å²) in [4.78, 5) is 11.5. The molecule has 2 rings (SSSR count). The summed E-state index contributed by atoms with van der Waals surface area (Å²) in [6.07, 6.45) is 0.135. The lowest BCUT2D eigenvalue weighted by molar-refractivity contribution is 0.100. The first kappa shape index (κ1) is 9.60. The fraction of sp³-hybridized carbons (Fsp3) is 0.167. The number of hydrogen-bond acceptors (Lipinski definition) is 2. The quantitative estimate of drug-likeness (QED) is 0.605. The molecule has 0 aromatic heterocycles. The van der Waals surface area contributed by atoms with Gasteiger partial charge >= 0.3 is 0 Å². The second-order valence-electron chi connectivity index (χ2n) is 3.48. The van der Waals surface area contributed by atoms with Gasteiger partial charge in [-0.15, -0.1) is 0 Å². The van der Waals surface area contributed by atoms with Crippen molar-refractivity contribution in [1.82, 2.24) is 0 Å². The highest BCUT2D eigenvalue weighted by Crippen LogP contribution is 2.35. The zero-order chi connectivity index (χ0) is 11.0. The van der Waals surface area contributed by atoms with E-state index in [-0.39, 0.29) is 17.8 Å². The molecular weight excluding hydrogens is 193 g/mol. The summed E-state index contributed by atoms with van der Waals surface area (Å²) >= 11 is 0. The van der Waals surface area contributed by atoms with Crippen LogP contribution in [0.25, 0.3) is 5.57 Å². The highest BCUT2D eigenvalue weighted by Gasteiger charge is 2.28. The standard InChI is InChI=1S/C12H8FNO/c1-7(6-14)9-5-11(15)12-8(9)3-2-4-10(12)13/h2-4H,5H2,1H3/b9-7+. The molecule has 0 atom stereocenters. The third-order valence-electron chi connectivity index (χ3n) is 2.58. The number of hydrogen-bond donors (Lipinski definition) is 0. The van der Waals surface area contributed by atoms with E-state index in [1.165, 1.54) is 6.07 Å². The zero-order valence-corrected chi connectivity index (χ0v) is 8.17. The van der Waals surface area contributed by atoms with Crippen molar-refractivity contribution in [2.75, 3.05) is 0 Å². The Morgan fingerprint density at radius 3 is 2.93 bits per heavy atom. The fourth-order valence-corrected chi connectivity index (χ4v) is 1.81. The maximum Gasteiger partial charge on any atom is 0.170 e. The van der Waals surface area contributed by atoms with Crippen LogP contribution in [0.2, 0.25) is 0 Å². The number of carbonyl (C=O) groups is 1. The van der Waals surface area contributed by atoms with Crippen molar-refractivity contribution in [3.8, 4) is 6.07 Å². The van der Waals surface area contributed by atoms with Gasteiger partial charge in [0.05, 0.1) is 11.6 Å². The van der Waals surface area contributed by atoms with Crippen molar-refractivity contribution < 1.29 is 9.18 Å². The smallest absolute Gasteiger partial charge is 0.170 e. The third-order valence-corrected chi connectivity index (χ3v) is 2.58. The number of nitrogens with zero attached hydrogens (tertiary/aromatic N) is 1. The average Bonchev–Trinajstić information content (AvgIpc) is 2.56. The number of Topliss-reactive ketones (excluding diaryl/α,β-unsaturated/α-hetero) is 1. The minimum absolute atomic E-state index is 0.127. The van der Waals surface area contributed by atoms with E-state index in [1.807, 2.05) is 6.07 Å². The Bertz CT molecular complexity index is 523. The maximum atomic E-state index is 13.4. The number of allylic oxidation sites excluding steroid dienone is 2. The van der Waals surface area contributed by atoms with Crippen molar-refractivity contribution in [3.63, 3.8) is 0 Å². The average molecular weight is 201 g/mol. The molecule has 0 N–H and O–H groups in total. The summed E-state index contributed by atoms with van der Waals surface area (Å²) in [5, 5.41) is 8.76. The molecule has 0 fully saturated rings. The lowest BCUT2D eigenvalue weighted by Gasteiger charge is -2.00. The van der Waals surface area contributed by atoms with E-state index in [9.17, 15) is 9.18 Å². The van der Waals surface area contributed by atoms with Crippen LogP contribution in [0.1, 0.15) is 29.3 Å². The number of halogens is 1. The maximum absolute atomic E-state index is 13.4. The Hall–Kier alpha value is -1.95. The Labute approximate surface area is 86.6 Å². The van der Waals surface area contributed by atoms with Gasteiger partial charge in [0.15, 0.2) is 5.78 Å². The zero-order valence-electron chi connectivity index (χ0n) is 8.17. The van der Waals surface area contributed by atoms with E-state index in [0.717, 1.165) is 0 Å². The topological polar surface area (TPSA) is 40.9 Å². The molecule has 0 unspecified atom stereocenters. The van der Waals surface area contributed by atoms with Crippen LogP contribution in [0.5, 0.6) is 0 Å². The van der Waals surface area contributed by atoms with Crippen LogP contribution in [-0.4, -0.2) is 5.78 Å². The van der Waals surface area contributed by atoms with Gasteiger partial charge in [0.2, 0.25) is 0 Å². The van der Waals surface area contributed by atoms with Gasteiger partial charge in [0, 0.05) is 12.0 Å². The van der Waals surface area contributed by atoms with E-state index in [0.29, 0.717) is 16.7 Å². The van der Waals surface area contributed by atoms with E-state index in [4.69, 9.17) is 5.26 Å². The molecule has 0 saturated carbocycles. The van der Waals surface area contributed by atoms with Gasteiger partial charge in [-0.25, -0.2) is 4.39 Å². The molecule has 74 valence electrons. The second kappa shape index (κ2) is 3.32. The minimum atomic E-state index is -0.502. The van der Waals surface area contributed by atoms with E-state index in [1.54, 1.807) is 19.1 Å². The second-order valence-corrected chi connectivity index (χ2v) is 3.48. The Kier molecular flexibility index (Phi) is 2.12. The minimum Gasteiger partial charge on any atom is -0.294 e. The molecule has 1 aliphatic rings. The predicted octanol–water partition coefficient (Wildman–Crippen LogP) is 2.71. The monoisotopic (exact) mass is 201 g/mol. The number of rotatable bonds is 0. The molecule has 0 saturated heterocycles. The van der Waals surface area contributed by atoms with Crippen LogP contribution < -0.4 is 0 Å². The Morgan fingerprint density at radius 2 is 2.27 bits per heavy atom. The Balaban J connectivity index is 2.74. The van der Waals surface area contributed by atoms with Crippen LogP contribution in [0.3, 0.4) is 0 Å². The highest BCUT2D eigenvalue weighted by molar-refractivity contribution is 6.12. The number of fused-ring (bicyclic) bond motifs is 1. The largest absolute Gasteiger partial charge is 0.294 e. The van der Waals surface area contributed by atoms with Crippen molar-refractivity contribution >= 4 is 11.4 Å². The molecular formula is C12H8FNO. The molecule has 0 amide bonds. The van der Waals surface area contributed by atoms with Crippen molar-refractivity contribution in [1.29, 1.82) is 5.26 Å². The van der Waals surface area contributed by atoms with Crippen molar-refractivity contribution in [2.24, 2.45) is 0 Å². The highest BCUT2D eigenvalue weighted by atomic mass is 19.1. The number of ketones is 1. The van der Waals surface area contributed by atoms with Crippen LogP contribution in [-0.2, 0) is 0 Å². The molecule has 0 spiro atoms. The van der Waals surface area contributed by atoms with E-state index in [2.05, 4.69) is 0 Å². The van der Waals surface area contributed by atoms with Gasteiger partial charge in [-0.1, -0.05) is 12.1 Å². The summed E-state index contributed by atoms with van der Waals surface area (Å²) in [6, 6.07) is 6.49. The Morgan fingerprint density at radius 1 is 1.53 bits per heavy atom.